The third-order valence-corrected chi connectivity index (χ3v) is 3.23. The molecular weight excluding hydrogens is 288 g/mol. The van der Waals surface area contributed by atoms with E-state index in [1.807, 2.05) is 0 Å². The van der Waals surface area contributed by atoms with Crippen molar-refractivity contribution >= 4 is 23.5 Å². The smallest absolute Gasteiger partial charge is 0.337 e. The lowest BCUT2D eigenvalue weighted by molar-refractivity contribution is -0.145. The molecule has 21 heavy (non-hydrogen) atoms. The Morgan fingerprint density at radius 1 is 1.38 bits per heavy atom. The molecule has 6 nitrogen and oxygen atoms in total. The summed E-state index contributed by atoms with van der Waals surface area (Å²) in [5.74, 6) is -6.39. The number of rotatable bonds is 3. The van der Waals surface area contributed by atoms with Gasteiger partial charge in [0.2, 0.25) is 5.91 Å². The van der Waals surface area contributed by atoms with Crippen molar-refractivity contribution < 1.29 is 33.0 Å². The van der Waals surface area contributed by atoms with Gasteiger partial charge in [0, 0.05) is 13.0 Å². The number of carbonyl (C=O) groups excluding carboxylic acids is 2. The number of amides is 1. The highest BCUT2D eigenvalue weighted by Crippen LogP contribution is 2.32. The molecule has 0 aromatic heterocycles. The Hall–Kier alpha value is -2.51. The molecule has 1 fully saturated rings. The van der Waals surface area contributed by atoms with Crippen molar-refractivity contribution in [3.8, 4) is 0 Å². The standard InChI is InChI=1S/C13H11F2NO5/c1-21-13(20)6-4-9(17)16(5-6)11-7(12(18)19)2-3-8(14)10(11)15/h2-3,6H,4-5H2,1H3,(H,18,19). The van der Waals surface area contributed by atoms with Crippen LogP contribution in [0.5, 0.6) is 0 Å². The Morgan fingerprint density at radius 2 is 2.05 bits per heavy atom. The van der Waals surface area contributed by atoms with Crippen molar-refractivity contribution in [1.82, 2.24) is 0 Å². The summed E-state index contributed by atoms with van der Waals surface area (Å²) in [5.41, 5.74) is -1.22. The molecule has 1 atom stereocenters. The van der Waals surface area contributed by atoms with Gasteiger partial charge in [0.05, 0.1) is 24.3 Å². The fourth-order valence-corrected chi connectivity index (χ4v) is 2.22. The molecule has 0 saturated carbocycles. The first-order valence-electron chi connectivity index (χ1n) is 5.96. The molecule has 1 unspecified atom stereocenters. The van der Waals surface area contributed by atoms with E-state index in [4.69, 9.17) is 5.11 Å². The van der Waals surface area contributed by atoms with Gasteiger partial charge < -0.3 is 14.7 Å². The van der Waals surface area contributed by atoms with Gasteiger partial charge in [-0.15, -0.1) is 0 Å². The largest absolute Gasteiger partial charge is 0.478 e. The second-order valence-corrected chi connectivity index (χ2v) is 4.49. The lowest BCUT2D eigenvalue weighted by atomic mass is 10.1. The lowest BCUT2D eigenvalue weighted by Gasteiger charge is -2.19. The number of halogens is 2. The summed E-state index contributed by atoms with van der Waals surface area (Å²) in [7, 11) is 1.14. The van der Waals surface area contributed by atoms with Gasteiger partial charge in [-0.3, -0.25) is 9.59 Å². The van der Waals surface area contributed by atoms with Gasteiger partial charge >= 0.3 is 11.9 Å². The van der Waals surface area contributed by atoms with E-state index in [1.165, 1.54) is 0 Å². The number of hydrogen-bond donors (Lipinski definition) is 1. The number of nitrogens with zero attached hydrogens (tertiary/aromatic N) is 1. The molecule has 8 heteroatoms. The average molecular weight is 299 g/mol. The van der Waals surface area contributed by atoms with Crippen LogP contribution in [0.3, 0.4) is 0 Å². The van der Waals surface area contributed by atoms with Gasteiger partial charge in [0.15, 0.2) is 11.6 Å². The number of ether oxygens (including phenoxy) is 1. The minimum Gasteiger partial charge on any atom is -0.478 e. The lowest BCUT2D eigenvalue weighted by Crippen LogP contribution is -2.29. The predicted molar refractivity (Wildman–Crippen MR) is 65.8 cm³/mol. The van der Waals surface area contributed by atoms with Gasteiger partial charge in [-0.2, -0.15) is 0 Å². The summed E-state index contributed by atoms with van der Waals surface area (Å²) >= 11 is 0. The molecule has 2 rings (SSSR count). The van der Waals surface area contributed by atoms with Crippen molar-refractivity contribution in [2.75, 3.05) is 18.6 Å². The van der Waals surface area contributed by atoms with Gasteiger partial charge in [-0.05, 0) is 12.1 Å². The SMILES string of the molecule is COC(=O)C1CC(=O)N(c2c(C(=O)O)ccc(F)c2F)C1. The fourth-order valence-electron chi connectivity index (χ4n) is 2.22. The van der Waals surface area contributed by atoms with Crippen LogP contribution in [-0.2, 0) is 14.3 Å². The molecule has 1 N–H and O–H groups in total. The van der Waals surface area contributed by atoms with Crippen LogP contribution in [0.15, 0.2) is 12.1 Å². The Morgan fingerprint density at radius 3 is 2.62 bits per heavy atom. The summed E-state index contributed by atoms with van der Waals surface area (Å²) < 4.78 is 31.7. The van der Waals surface area contributed by atoms with Gasteiger partial charge in [-0.1, -0.05) is 0 Å². The molecule has 0 aliphatic carbocycles. The van der Waals surface area contributed by atoms with E-state index >= 15 is 0 Å². The van der Waals surface area contributed by atoms with E-state index in [0.717, 1.165) is 18.1 Å². The van der Waals surface area contributed by atoms with Crippen molar-refractivity contribution in [1.29, 1.82) is 0 Å². The van der Waals surface area contributed by atoms with Crippen LogP contribution in [0.2, 0.25) is 0 Å². The van der Waals surface area contributed by atoms with Gasteiger partial charge in [0.1, 0.15) is 0 Å². The fraction of sp³-hybridized carbons (Fsp3) is 0.308. The van der Waals surface area contributed by atoms with Gasteiger partial charge in [-0.25, -0.2) is 13.6 Å². The van der Waals surface area contributed by atoms with E-state index < -0.39 is 46.6 Å². The van der Waals surface area contributed by atoms with E-state index in [9.17, 15) is 23.2 Å². The number of esters is 1. The van der Waals surface area contributed by atoms with E-state index in [2.05, 4.69) is 4.74 Å². The number of methoxy groups -OCH3 is 1. The molecule has 1 aromatic carbocycles. The van der Waals surface area contributed by atoms with Crippen LogP contribution in [-0.4, -0.2) is 36.6 Å². The van der Waals surface area contributed by atoms with Crippen molar-refractivity contribution in [2.45, 2.75) is 6.42 Å². The second-order valence-electron chi connectivity index (χ2n) is 4.49. The third kappa shape index (κ3) is 2.56. The first kappa shape index (κ1) is 14.9. The number of carbonyl (C=O) groups is 3. The molecule has 1 aliphatic heterocycles. The number of anilines is 1. The van der Waals surface area contributed by atoms with Crippen LogP contribution in [0.25, 0.3) is 0 Å². The predicted octanol–water partition coefficient (Wildman–Crippen LogP) is 1.19. The Labute approximate surface area is 117 Å². The van der Waals surface area contributed by atoms with Gasteiger partial charge in [0.25, 0.3) is 0 Å². The van der Waals surface area contributed by atoms with Crippen LogP contribution in [0.1, 0.15) is 16.8 Å². The van der Waals surface area contributed by atoms with Crippen molar-refractivity contribution in [3.63, 3.8) is 0 Å². The molecular formula is C13H11F2NO5. The Balaban J connectivity index is 2.47. The molecule has 1 amide bonds. The van der Waals surface area contributed by atoms with Crippen LogP contribution in [0, 0.1) is 17.6 Å². The molecule has 0 spiro atoms. The summed E-state index contributed by atoms with van der Waals surface area (Å²) in [4.78, 5) is 35.2. The van der Waals surface area contributed by atoms with Crippen molar-refractivity contribution in [2.24, 2.45) is 5.92 Å². The zero-order valence-electron chi connectivity index (χ0n) is 10.9. The highest BCUT2D eigenvalue weighted by atomic mass is 19.2. The second kappa shape index (κ2) is 5.47. The number of hydrogen-bond acceptors (Lipinski definition) is 4. The molecule has 0 radical (unpaired) electrons. The molecule has 1 saturated heterocycles. The topological polar surface area (TPSA) is 83.9 Å². The van der Waals surface area contributed by atoms with Crippen LogP contribution < -0.4 is 4.90 Å². The van der Waals surface area contributed by atoms with E-state index in [0.29, 0.717) is 6.07 Å². The van der Waals surface area contributed by atoms with Crippen molar-refractivity contribution in [3.05, 3.63) is 29.3 Å². The molecule has 1 heterocycles. The highest BCUT2D eigenvalue weighted by Gasteiger charge is 2.39. The zero-order valence-corrected chi connectivity index (χ0v) is 10.9. The highest BCUT2D eigenvalue weighted by molar-refractivity contribution is 6.05. The number of carboxylic acids is 1. The minimum atomic E-state index is -1.50. The maximum Gasteiger partial charge on any atom is 0.337 e. The average Bonchev–Trinajstić information content (AvgIpc) is 2.82. The summed E-state index contributed by atoms with van der Waals surface area (Å²) in [5, 5.41) is 9.03. The monoisotopic (exact) mass is 299 g/mol. The number of carboxylic acid groups (broad SMARTS) is 1. The number of aromatic carboxylic acids is 1. The maximum atomic E-state index is 13.9. The summed E-state index contributed by atoms with van der Waals surface area (Å²) in [6.45, 7) is -0.258. The first-order valence-corrected chi connectivity index (χ1v) is 5.96. The molecule has 1 aliphatic rings. The van der Waals surface area contributed by atoms with Crippen LogP contribution in [0.4, 0.5) is 14.5 Å². The summed E-state index contributed by atoms with van der Waals surface area (Å²) in [6.07, 6.45) is -0.248. The Kier molecular flexibility index (Phi) is 3.88. The number of benzene rings is 1. The third-order valence-electron chi connectivity index (χ3n) is 3.23. The first-order chi connectivity index (χ1) is 9.86. The van der Waals surface area contributed by atoms with E-state index in [-0.39, 0.29) is 13.0 Å². The Bertz CT molecular complexity index is 631. The molecule has 112 valence electrons. The quantitative estimate of drug-likeness (QED) is 0.848. The molecule has 0 bridgehead atoms. The normalized spacial score (nSPS) is 18.0. The van der Waals surface area contributed by atoms with E-state index in [1.54, 1.807) is 0 Å². The summed E-state index contributed by atoms with van der Waals surface area (Å²) in [6, 6.07) is 1.54. The maximum absolute atomic E-state index is 13.9. The zero-order chi connectivity index (χ0) is 15.7. The van der Waals surface area contributed by atoms with Crippen LogP contribution >= 0.6 is 0 Å². The molecule has 1 aromatic rings. The minimum absolute atomic E-state index is 0.248.